The number of Topliss-reactive ketones (excluding diaryl/α,β-unsaturated/α-hetero) is 1. The molecule has 3 heterocycles. The standard InChI is InChI=1S/C19H24N2O2/c1-3-21(4-2)19(23)16-12-20-11-15(18(16)17(22)13-20)10-14-8-6-5-7-9-14/h5-10,16,18H,3-4,11-13H2,1-2H3/t16-,18-/m0/s1. The number of fused-ring (bicyclic) bond motifs is 3. The van der Waals surface area contributed by atoms with Crippen molar-refractivity contribution in [1.29, 1.82) is 0 Å². The minimum atomic E-state index is -0.242. The first-order valence-electron chi connectivity index (χ1n) is 8.43. The van der Waals surface area contributed by atoms with Crippen molar-refractivity contribution < 1.29 is 9.59 Å². The Kier molecular flexibility index (Phi) is 4.62. The third-order valence-electron chi connectivity index (χ3n) is 4.93. The van der Waals surface area contributed by atoms with Crippen LogP contribution in [0.5, 0.6) is 0 Å². The van der Waals surface area contributed by atoms with Crippen LogP contribution in [0, 0.1) is 11.8 Å². The Bertz CT molecular complexity index is 620. The van der Waals surface area contributed by atoms with Crippen LogP contribution in [-0.2, 0) is 9.59 Å². The molecule has 0 saturated carbocycles. The number of carbonyl (C=O) groups excluding carboxylic acids is 2. The summed E-state index contributed by atoms with van der Waals surface area (Å²) in [5.41, 5.74) is 2.18. The second-order valence-corrected chi connectivity index (χ2v) is 6.36. The number of nitrogens with zero attached hydrogens (tertiary/aromatic N) is 2. The van der Waals surface area contributed by atoms with E-state index in [0.29, 0.717) is 26.2 Å². The summed E-state index contributed by atoms with van der Waals surface area (Å²) >= 11 is 0. The van der Waals surface area contributed by atoms with Gasteiger partial charge in [-0.2, -0.15) is 0 Å². The molecule has 0 spiro atoms. The largest absolute Gasteiger partial charge is 0.343 e. The molecule has 1 unspecified atom stereocenters. The van der Waals surface area contributed by atoms with Crippen LogP contribution >= 0.6 is 0 Å². The molecule has 4 nitrogen and oxygen atoms in total. The van der Waals surface area contributed by atoms with Crippen molar-refractivity contribution in [3.63, 3.8) is 0 Å². The van der Waals surface area contributed by atoms with Gasteiger partial charge in [-0.25, -0.2) is 0 Å². The van der Waals surface area contributed by atoms with Gasteiger partial charge in [-0.15, -0.1) is 0 Å². The average Bonchev–Trinajstić information content (AvgIpc) is 2.56. The van der Waals surface area contributed by atoms with Gasteiger partial charge in [-0.3, -0.25) is 14.5 Å². The summed E-state index contributed by atoms with van der Waals surface area (Å²) < 4.78 is 0. The lowest BCUT2D eigenvalue weighted by molar-refractivity contribution is -0.146. The van der Waals surface area contributed by atoms with Gasteiger partial charge in [0.15, 0.2) is 5.78 Å². The molecular weight excluding hydrogens is 288 g/mol. The van der Waals surface area contributed by atoms with Crippen LogP contribution < -0.4 is 0 Å². The second-order valence-electron chi connectivity index (χ2n) is 6.36. The van der Waals surface area contributed by atoms with E-state index in [9.17, 15) is 9.59 Å². The molecule has 0 aliphatic carbocycles. The van der Waals surface area contributed by atoms with E-state index in [1.54, 1.807) is 0 Å². The van der Waals surface area contributed by atoms with E-state index in [1.165, 1.54) is 0 Å². The van der Waals surface area contributed by atoms with E-state index < -0.39 is 0 Å². The highest BCUT2D eigenvalue weighted by molar-refractivity contribution is 5.95. The molecule has 0 N–H and O–H groups in total. The van der Waals surface area contributed by atoms with Crippen LogP contribution in [0.4, 0.5) is 0 Å². The molecule has 3 saturated heterocycles. The minimum absolute atomic E-state index is 0.122. The number of rotatable bonds is 4. The van der Waals surface area contributed by atoms with E-state index >= 15 is 0 Å². The van der Waals surface area contributed by atoms with E-state index in [1.807, 2.05) is 49.1 Å². The Labute approximate surface area is 137 Å². The Hall–Kier alpha value is -1.94. The molecule has 1 amide bonds. The maximum atomic E-state index is 12.8. The molecule has 2 bridgehead atoms. The van der Waals surface area contributed by atoms with Crippen LogP contribution in [0.3, 0.4) is 0 Å². The molecule has 1 aromatic rings. The first-order valence-corrected chi connectivity index (χ1v) is 8.43. The van der Waals surface area contributed by atoms with Gasteiger partial charge in [-0.1, -0.05) is 36.4 Å². The number of benzene rings is 1. The van der Waals surface area contributed by atoms with Gasteiger partial charge in [0.2, 0.25) is 5.91 Å². The van der Waals surface area contributed by atoms with Gasteiger partial charge >= 0.3 is 0 Å². The van der Waals surface area contributed by atoms with E-state index in [4.69, 9.17) is 0 Å². The van der Waals surface area contributed by atoms with Crippen LogP contribution in [0.25, 0.3) is 6.08 Å². The lowest BCUT2D eigenvalue weighted by atomic mass is 9.73. The molecule has 3 aliphatic rings. The Morgan fingerprint density at radius 3 is 2.52 bits per heavy atom. The molecule has 122 valence electrons. The number of hydrogen-bond acceptors (Lipinski definition) is 3. The van der Waals surface area contributed by atoms with Crippen molar-refractivity contribution in [2.75, 3.05) is 32.7 Å². The zero-order valence-electron chi connectivity index (χ0n) is 13.9. The van der Waals surface area contributed by atoms with Crippen molar-refractivity contribution in [2.45, 2.75) is 13.8 Å². The Morgan fingerprint density at radius 2 is 1.91 bits per heavy atom. The van der Waals surface area contributed by atoms with Crippen molar-refractivity contribution in [2.24, 2.45) is 11.8 Å². The fraction of sp³-hybridized carbons (Fsp3) is 0.474. The van der Waals surface area contributed by atoms with Gasteiger partial charge in [0.25, 0.3) is 0 Å². The van der Waals surface area contributed by atoms with Crippen molar-refractivity contribution in [3.05, 3.63) is 41.5 Å². The van der Waals surface area contributed by atoms with Gasteiger partial charge < -0.3 is 4.90 Å². The highest BCUT2D eigenvalue weighted by Crippen LogP contribution is 2.36. The van der Waals surface area contributed by atoms with Crippen molar-refractivity contribution in [1.82, 2.24) is 9.80 Å². The normalized spacial score (nSPS) is 28.2. The molecule has 1 aromatic carbocycles. The molecular formula is C19H24N2O2. The Balaban J connectivity index is 1.91. The number of amides is 1. The maximum Gasteiger partial charge on any atom is 0.228 e. The quantitative estimate of drug-likeness (QED) is 0.854. The summed E-state index contributed by atoms with van der Waals surface area (Å²) in [5.74, 6) is -0.153. The highest BCUT2D eigenvalue weighted by Gasteiger charge is 2.47. The van der Waals surface area contributed by atoms with E-state index in [-0.39, 0.29) is 23.5 Å². The smallest absolute Gasteiger partial charge is 0.228 e. The van der Waals surface area contributed by atoms with Crippen molar-refractivity contribution >= 4 is 17.8 Å². The molecule has 4 heteroatoms. The van der Waals surface area contributed by atoms with Crippen LogP contribution in [-0.4, -0.2) is 54.2 Å². The fourth-order valence-corrected chi connectivity index (χ4v) is 3.82. The zero-order chi connectivity index (χ0) is 16.4. The summed E-state index contributed by atoms with van der Waals surface area (Å²) in [5, 5.41) is 0. The topological polar surface area (TPSA) is 40.6 Å². The SMILES string of the molecule is CCN(CC)C(=O)[C@H]1CN2CC(=O)[C@H]1C(=Cc1ccccc1)C2. The number of ketones is 1. The first-order chi connectivity index (χ1) is 11.1. The monoisotopic (exact) mass is 312 g/mol. The molecule has 3 fully saturated rings. The third-order valence-corrected chi connectivity index (χ3v) is 4.93. The molecule has 4 rings (SSSR count). The Morgan fingerprint density at radius 1 is 1.22 bits per heavy atom. The lowest BCUT2D eigenvalue weighted by Gasteiger charge is -2.45. The van der Waals surface area contributed by atoms with Crippen molar-refractivity contribution in [3.8, 4) is 0 Å². The summed E-state index contributed by atoms with van der Waals surface area (Å²) in [7, 11) is 0. The van der Waals surface area contributed by atoms with Crippen LogP contribution in [0.15, 0.2) is 35.9 Å². The van der Waals surface area contributed by atoms with Gasteiger partial charge in [0.1, 0.15) is 0 Å². The van der Waals surface area contributed by atoms with Crippen LogP contribution in [0.1, 0.15) is 19.4 Å². The molecule has 0 radical (unpaired) electrons. The number of hydrogen-bond donors (Lipinski definition) is 0. The third kappa shape index (κ3) is 3.08. The number of piperidine rings is 3. The predicted octanol–water partition coefficient (Wildman–Crippen LogP) is 2.07. The number of carbonyl (C=O) groups is 2. The minimum Gasteiger partial charge on any atom is -0.343 e. The fourth-order valence-electron chi connectivity index (χ4n) is 3.82. The molecule has 23 heavy (non-hydrogen) atoms. The molecule has 0 aromatic heterocycles. The second kappa shape index (κ2) is 6.67. The lowest BCUT2D eigenvalue weighted by Crippen LogP contribution is -2.58. The molecule has 3 aliphatic heterocycles. The van der Waals surface area contributed by atoms with Gasteiger partial charge in [-0.05, 0) is 25.0 Å². The van der Waals surface area contributed by atoms with Crippen LogP contribution in [0.2, 0.25) is 0 Å². The first kappa shape index (κ1) is 15.9. The van der Waals surface area contributed by atoms with Gasteiger partial charge in [0, 0.05) is 26.2 Å². The summed E-state index contributed by atoms with van der Waals surface area (Å²) in [6, 6.07) is 10.0. The highest BCUT2D eigenvalue weighted by atomic mass is 16.2. The molecule has 3 atom stereocenters. The summed E-state index contributed by atoms with van der Waals surface area (Å²) in [6.45, 7) is 7.37. The predicted molar refractivity (Wildman–Crippen MR) is 90.8 cm³/mol. The van der Waals surface area contributed by atoms with Gasteiger partial charge in [0.05, 0.1) is 18.4 Å². The average molecular weight is 312 g/mol. The van der Waals surface area contributed by atoms with E-state index in [0.717, 1.165) is 17.7 Å². The zero-order valence-corrected chi connectivity index (χ0v) is 13.9. The maximum absolute atomic E-state index is 12.8. The summed E-state index contributed by atoms with van der Waals surface area (Å²) in [6.07, 6.45) is 2.09. The summed E-state index contributed by atoms with van der Waals surface area (Å²) in [4.78, 5) is 29.3. The van der Waals surface area contributed by atoms with E-state index in [2.05, 4.69) is 11.0 Å².